The van der Waals surface area contributed by atoms with E-state index in [2.05, 4.69) is 19.9 Å². The number of hydrogen-bond donors (Lipinski definition) is 2. The first-order chi connectivity index (χ1) is 20.7. The van der Waals surface area contributed by atoms with Crippen LogP contribution in [0.25, 0.3) is 0 Å². The number of hydrogen-bond acceptors (Lipinski definition) is 9. The van der Waals surface area contributed by atoms with E-state index in [0.717, 1.165) is 57.7 Å². The molecule has 1 aliphatic heterocycles. The van der Waals surface area contributed by atoms with Gasteiger partial charge in [0.2, 0.25) is 15.9 Å². The second-order valence-corrected chi connectivity index (χ2v) is 13.0. The molecule has 44 heavy (non-hydrogen) atoms. The van der Waals surface area contributed by atoms with Crippen molar-refractivity contribution < 1.29 is 41.0 Å². The first-order valence-corrected chi connectivity index (χ1v) is 15.9. The van der Waals surface area contributed by atoms with E-state index in [9.17, 15) is 36.3 Å². The normalized spacial score (nSPS) is 16.0. The molecule has 1 saturated heterocycles. The molecule has 1 fully saturated rings. The minimum absolute atomic E-state index is 0.0249. The molecule has 0 unspecified atom stereocenters. The SMILES string of the molecule is CCN(C)c1ccc(CNC(=O)C[C@H]2CN(c3nc(Cl)c(C(=O)O)s3)CCN2S(=O)(=O)c2ccc(OC(F)(F)F)cc2)cc1. The van der Waals surface area contributed by atoms with Crippen LogP contribution in [0.3, 0.4) is 0 Å². The number of nitrogens with one attached hydrogen (secondary N) is 1. The van der Waals surface area contributed by atoms with E-state index >= 15 is 0 Å². The summed E-state index contributed by atoms with van der Waals surface area (Å²) in [6, 6.07) is 10.5. The highest BCUT2D eigenvalue weighted by molar-refractivity contribution is 7.89. The molecule has 0 aliphatic carbocycles. The van der Waals surface area contributed by atoms with Gasteiger partial charge in [0.15, 0.2) is 15.2 Å². The molecule has 2 aromatic carbocycles. The molecule has 1 aromatic heterocycles. The zero-order valence-corrected chi connectivity index (χ0v) is 25.9. The van der Waals surface area contributed by atoms with Gasteiger partial charge in [-0.1, -0.05) is 35.1 Å². The van der Waals surface area contributed by atoms with Crippen LogP contribution in [0.2, 0.25) is 5.15 Å². The number of nitrogens with zero attached hydrogens (tertiary/aromatic N) is 4. The number of aromatic nitrogens is 1. The molecule has 0 spiro atoms. The number of piperazine rings is 1. The number of carbonyl (C=O) groups is 2. The average molecular weight is 676 g/mol. The van der Waals surface area contributed by atoms with Gasteiger partial charge in [0.1, 0.15) is 5.75 Å². The van der Waals surface area contributed by atoms with Crippen molar-refractivity contribution >= 4 is 55.7 Å². The maximum Gasteiger partial charge on any atom is 0.573 e. The predicted molar refractivity (Wildman–Crippen MR) is 159 cm³/mol. The maximum atomic E-state index is 13.7. The van der Waals surface area contributed by atoms with E-state index in [-0.39, 0.29) is 52.7 Å². The van der Waals surface area contributed by atoms with Gasteiger partial charge in [-0.25, -0.2) is 18.2 Å². The molecule has 1 aliphatic rings. The summed E-state index contributed by atoms with van der Waals surface area (Å²) in [4.78, 5) is 31.9. The molecule has 4 rings (SSSR count). The smallest absolute Gasteiger partial charge is 0.477 e. The molecule has 11 nitrogen and oxygen atoms in total. The standard InChI is InChI=1S/C27H29ClF3N5O6S2/c1-3-34(2)18-6-4-17(5-7-18)15-32-22(37)14-19-16-35(26-33-24(28)23(43-26)25(38)39)12-13-36(19)44(40,41)21-10-8-20(9-11-21)42-27(29,30)31/h4-11,19H,3,12-16H2,1-2H3,(H,32,37)(H,38,39)/t19-/m0/s1. The monoisotopic (exact) mass is 675 g/mol. The van der Waals surface area contributed by atoms with Crippen molar-refractivity contribution in [2.24, 2.45) is 0 Å². The zero-order valence-electron chi connectivity index (χ0n) is 23.5. The lowest BCUT2D eigenvalue weighted by Gasteiger charge is -2.40. The molecule has 2 heterocycles. The van der Waals surface area contributed by atoms with Crippen LogP contribution in [-0.4, -0.2) is 80.3 Å². The Bertz CT molecular complexity index is 1590. The maximum absolute atomic E-state index is 13.7. The fraction of sp³-hybridized carbons (Fsp3) is 0.370. The first kappa shape index (κ1) is 33.3. The summed E-state index contributed by atoms with van der Waals surface area (Å²) >= 11 is 6.81. The lowest BCUT2D eigenvalue weighted by Crippen LogP contribution is -2.56. The van der Waals surface area contributed by atoms with Crippen molar-refractivity contribution in [3.8, 4) is 5.75 Å². The Kier molecular flexibility index (Phi) is 10.3. The van der Waals surface area contributed by atoms with Crippen molar-refractivity contribution in [2.45, 2.75) is 37.2 Å². The second kappa shape index (κ2) is 13.6. The zero-order chi connectivity index (χ0) is 32.2. The highest BCUT2D eigenvalue weighted by Crippen LogP contribution is 2.33. The Morgan fingerprint density at radius 2 is 1.82 bits per heavy atom. The van der Waals surface area contributed by atoms with Crippen molar-refractivity contribution in [3.63, 3.8) is 0 Å². The Morgan fingerprint density at radius 3 is 2.39 bits per heavy atom. The van der Waals surface area contributed by atoms with Gasteiger partial charge in [-0.3, -0.25) is 4.79 Å². The van der Waals surface area contributed by atoms with Gasteiger partial charge in [0.25, 0.3) is 0 Å². The summed E-state index contributed by atoms with van der Waals surface area (Å²) in [5.41, 5.74) is 1.85. The number of alkyl halides is 3. The Morgan fingerprint density at radius 1 is 1.16 bits per heavy atom. The molecule has 17 heteroatoms. The number of ether oxygens (including phenoxy) is 1. The molecule has 1 amide bonds. The van der Waals surface area contributed by atoms with Gasteiger partial charge in [0, 0.05) is 51.9 Å². The average Bonchev–Trinajstić information content (AvgIpc) is 3.37. The van der Waals surface area contributed by atoms with Gasteiger partial charge >= 0.3 is 12.3 Å². The fourth-order valence-corrected chi connectivity index (χ4v) is 7.30. The minimum atomic E-state index is -4.94. The van der Waals surface area contributed by atoms with E-state index in [0.29, 0.717) is 0 Å². The number of carboxylic acid groups (broad SMARTS) is 1. The van der Waals surface area contributed by atoms with Crippen LogP contribution in [0.15, 0.2) is 53.4 Å². The number of benzene rings is 2. The molecule has 0 radical (unpaired) electrons. The van der Waals surface area contributed by atoms with Crippen LogP contribution in [-0.2, 0) is 21.4 Å². The quantitative estimate of drug-likeness (QED) is 0.303. The number of rotatable bonds is 11. The van der Waals surface area contributed by atoms with Gasteiger partial charge in [-0.05, 0) is 48.9 Å². The first-order valence-electron chi connectivity index (χ1n) is 13.3. The van der Waals surface area contributed by atoms with E-state index in [1.165, 1.54) is 0 Å². The summed E-state index contributed by atoms with van der Waals surface area (Å²) in [6.45, 7) is 2.99. The molecule has 2 N–H and O–H groups in total. The second-order valence-electron chi connectivity index (χ2n) is 9.82. The summed E-state index contributed by atoms with van der Waals surface area (Å²) in [5.74, 6) is -2.28. The van der Waals surface area contributed by atoms with Gasteiger partial charge in [-0.2, -0.15) is 4.31 Å². The van der Waals surface area contributed by atoms with Crippen LogP contribution in [0.4, 0.5) is 24.0 Å². The van der Waals surface area contributed by atoms with E-state index in [1.807, 2.05) is 38.2 Å². The van der Waals surface area contributed by atoms with E-state index in [1.54, 1.807) is 4.90 Å². The van der Waals surface area contributed by atoms with Gasteiger partial charge in [0.05, 0.1) is 10.9 Å². The third kappa shape index (κ3) is 8.11. The van der Waals surface area contributed by atoms with Crippen molar-refractivity contribution in [1.82, 2.24) is 14.6 Å². The number of amides is 1. The lowest BCUT2D eigenvalue weighted by atomic mass is 10.1. The number of halogens is 4. The number of sulfonamides is 1. The highest BCUT2D eigenvalue weighted by atomic mass is 35.5. The van der Waals surface area contributed by atoms with Gasteiger partial charge < -0.3 is 25.0 Å². The van der Waals surface area contributed by atoms with Crippen LogP contribution in [0, 0.1) is 0 Å². The number of carbonyl (C=O) groups excluding carboxylic acids is 1. The minimum Gasteiger partial charge on any atom is -0.477 e. The fourth-order valence-electron chi connectivity index (χ4n) is 4.54. The Labute approximate surface area is 260 Å². The molecule has 0 bridgehead atoms. The molecular formula is C27H29ClF3N5O6S2. The Hall–Kier alpha value is -3.60. The molecular weight excluding hydrogens is 647 g/mol. The third-order valence-corrected chi connectivity index (χ3v) is 10.3. The number of aromatic carboxylic acids is 1. The molecule has 3 aromatic rings. The van der Waals surface area contributed by atoms with Gasteiger partial charge in [-0.15, -0.1) is 13.2 Å². The third-order valence-electron chi connectivity index (χ3n) is 6.89. The van der Waals surface area contributed by atoms with Crippen LogP contribution >= 0.6 is 22.9 Å². The topological polar surface area (TPSA) is 132 Å². The summed E-state index contributed by atoms with van der Waals surface area (Å²) in [5, 5.41) is 12.2. The highest BCUT2D eigenvalue weighted by Gasteiger charge is 2.39. The predicted octanol–water partition coefficient (Wildman–Crippen LogP) is 4.44. The van der Waals surface area contributed by atoms with Crippen molar-refractivity contribution in [1.29, 1.82) is 0 Å². The van der Waals surface area contributed by atoms with E-state index in [4.69, 9.17) is 11.6 Å². The summed E-state index contributed by atoms with van der Waals surface area (Å²) in [7, 11) is -2.32. The molecule has 0 saturated carbocycles. The van der Waals surface area contributed by atoms with Crippen molar-refractivity contribution in [3.05, 3.63) is 64.1 Å². The molecule has 1 atom stereocenters. The number of thiazole rings is 1. The number of anilines is 2. The van der Waals surface area contributed by atoms with Crippen LogP contribution in [0.5, 0.6) is 5.75 Å². The largest absolute Gasteiger partial charge is 0.573 e. The Balaban J connectivity index is 1.54. The van der Waals surface area contributed by atoms with Crippen molar-refractivity contribution in [2.75, 3.05) is 43.0 Å². The number of carboxylic acids is 1. The summed E-state index contributed by atoms with van der Waals surface area (Å²) in [6.07, 6.45) is -5.20. The van der Waals surface area contributed by atoms with Crippen LogP contribution < -0.4 is 19.9 Å². The van der Waals surface area contributed by atoms with Crippen LogP contribution in [0.1, 0.15) is 28.6 Å². The summed E-state index contributed by atoms with van der Waals surface area (Å²) < 4.78 is 70.0. The lowest BCUT2D eigenvalue weighted by molar-refractivity contribution is -0.274. The van der Waals surface area contributed by atoms with E-state index < -0.39 is 40.1 Å². The molecule has 238 valence electrons.